The minimum Gasteiger partial charge on any atom is -0.481 e. The molecule has 1 saturated heterocycles. The molecule has 2 N–H and O–H groups in total. The molecule has 2 aromatic rings. The first kappa shape index (κ1) is 16.2. The minimum atomic E-state index is -0.748. The van der Waals surface area contributed by atoms with E-state index in [1.807, 2.05) is 12.1 Å². The smallest absolute Gasteiger partial charge is 0.306 e. The Morgan fingerprint density at radius 1 is 1.08 bits per heavy atom. The first-order chi connectivity index (χ1) is 12.1. The number of benzene rings is 1. The van der Waals surface area contributed by atoms with E-state index in [9.17, 15) is 9.59 Å². The quantitative estimate of drug-likeness (QED) is 0.823. The van der Waals surface area contributed by atoms with Crippen LogP contribution in [-0.2, 0) is 17.6 Å². The van der Waals surface area contributed by atoms with E-state index in [0.717, 1.165) is 23.9 Å². The summed E-state index contributed by atoms with van der Waals surface area (Å²) in [6, 6.07) is 5.98. The lowest BCUT2D eigenvalue weighted by molar-refractivity contribution is -0.143. The van der Waals surface area contributed by atoms with Crippen molar-refractivity contribution in [2.24, 2.45) is 5.92 Å². The Bertz CT molecular complexity index is 816. The summed E-state index contributed by atoms with van der Waals surface area (Å²) < 4.78 is 0. The predicted molar refractivity (Wildman–Crippen MR) is 95.8 cm³/mol. The molecule has 1 fully saturated rings. The number of likely N-dealkylation sites (tertiary alicyclic amines) is 1. The topological polar surface area (TPSA) is 73.4 Å². The number of carboxylic acid groups (broad SMARTS) is 1. The number of piperidine rings is 1. The van der Waals surface area contributed by atoms with Gasteiger partial charge in [0.25, 0.3) is 5.91 Å². The van der Waals surface area contributed by atoms with Crippen molar-refractivity contribution in [3.63, 3.8) is 0 Å². The number of fused-ring (bicyclic) bond motifs is 3. The lowest BCUT2D eigenvalue weighted by Crippen LogP contribution is -2.40. The minimum absolute atomic E-state index is 0.0193. The number of aryl methyl sites for hydroxylation is 2. The summed E-state index contributed by atoms with van der Waals surface area (Å²) in [5.74, 6) is -1.05. The Morgan fingerprint density at radius 3 is 2.60 bits per heavy atom. The van der Waals surface area contributed by atoms with E-state index in [-0.39, 0.29) is 11.8 Å². The predicted octanol–water partition coefficient (Wildman–Crippen LogP) is 3.37. The van der Waals surface area contributed by atoms with Gasteiger partial charge in [-0.15, -0.1) is 0 Å². The Kier molecular flexibility index (Phi) is 4.24. The summed E-state index contributed by atoms with van der Waals surface area (Å²) >= 11 is 0. The molecule has 2 heterocycles. The third kappa shape index (κ3) is 2.92. The number of amides is 1. The van der Waals surface area contributed by atoms with Crippen LogP contribution in [-0.4, -0.2) is 40.0 Å². The first-order valence-electron chi connectivity index (χ1n) is 9.29. The van der Waals surface area contributed by atoms with Gasteiger partial charge in [-0.3, -0.25) is 9.59 Å². The second-order valence-electron chi connectivity index (χ2n) is 7.28. The van der Waals surface area contributed by atoms with Crippen molar-refractivity contribution in [3.05, 3.63) is 35.0 Å². The Balaban J connectivity index is 1.63. The molecule has 1 aliphatic heterocycles. The molecular formula is C20H24N2O3. The highest BCUT2D eigenvalue weighted by Gasteiger charge is 2.28. The zero-order valence-electron chi connectivity index (χ0n) is 14.4. The molecule has 1 amide bonds. The normalized spacial score (nSPS) is 18.8. The van der Waals surface area contributed by atoms with Gasteiger partial charge in [-0.25, -0.2) is 0 Å². The second-order valence-corrected chi connectivity index (χ2v) is 7.28. The summed E-state index contributed by atoms with van der Waals surface area (Å²) in [7, 11) is 0. The number of rotatable bonds is 2. The van der Waals surface area contributed by atoms with Gasteiger partial charge < -0.3 is 15.0 Å². The fourth-order valence-corrected chi connectivity index (χ4v) is 4.28. The summed E-state index contributed by atoms with van der Waals surface area (Å²) in [6.07, 6.45) is 6.89. The van der Waals surface area contributed by atoms with E-state index >= 15 is 0 Å². The zero-order chi connectivity index (χ0) is 17.4. The molecule has 1 aliphatic carbocycles. The van der Waals surface area contributed by atoms with Crippen molar-refractivity contribution >= 4 is 22.8 Å². The van der Waals surface area contributed by atoms with Gasteiger partial charge in [-0.2, -0.15) is 0 Å². The van der Waals surface area contributed by atoms with Crippen molar-refractivity contribution in [2.75, 3.05) is 13.1 Å². The number of aromatic amines is 1. The first-order valence-corrected chi connectivity index (χ1v) is 9.29. The molecule has 5 nitrogen and oxygen atoms in total. The van der Waals surface area contributed by atoms with Crippen LogP contribution in [0.2, 0.25) is 0 Å². The molecule has 0 radical (unpaired) electrons. The second kappa shape index (κ2) is 6.54. The van der Waals surface area contributed by atoms with Crippen LogP contribution >= 0.6 is 0 Å². The van der Waals surface area contributed by atoms with Crippen molar-refractivity contribution in [1.29, 1.82) is 0 Å². The van der Waals surface area contributed by atoms with Gasteiger partial charge in [0.1, 0.15) is 0 Å². The molecule has 1 aromatic carbocycles. The fraction of sp³-hybridized carbons (Fsp3) is 0.500. The van der Waals surface area contributed by atoms with Crippen LogP contribution in [0.1, 0.15) is 53.7 Å². The standard InChI is InChI=1S/C20H24N2O3/c23-19(22-11-9-13(10-12-22)20(24)25)16-7-4-6-15-14-5-2-1-3-8-17(14)21-18(15)16/h4,6-7,13,21H,1-3,5,8-12H2,(H,24,25). The highest BCUT2D eigenvalue weighted by Crippen LogP contribution is 2.31. The molecule has 0 bridgehead atoms. The van der Waals surface area contributed by atoms with Crippen molar-refractivity contribution in [1.82, 2.24) is 9.88 Å². The molecule has 25 heavy (non-hydrogen) atoms. The highest BCUT2D eigenvalue weighted by atomic mass is 16.4. The van der Waals surface area contributed by atoms with Crippen LogP contribution in [0.5, 0.6) is 0 Å². The van der Waals surface area contributed by atoms with Gasteiger partial charge in [0, 0.05) is 24.2 Å². The molecule has 4 rings (SSSR count). The van der Waals surface area contributed by atoms with Gasteiger partial charge in [0.05, 0.1) is 17.0 Å². The Morgan fingerprint density at radius 2 is 1.84 bits per heavy atom. The number of hydrogen-bond donors (Lipinski definition) is 2. The molecule has 0 unspecified atom stereocenters. The van der Waals surface area contributed by atoms with Gasteiger partial charge in [-0.1, -0.05) is 18.6 Å². The summed E-state index contributed by atoms with van der Waals surface area (Å²) in [4.78, 5) is 29.5. The third-order valence-electron chi connectivity index (χ3n) is 5.75. The molecule has 0 spiro atoms. The lowest BCUT2D eigenvalue weighted by Gasteiger charge is -2.30. The Labute approximate surface area is 147 Å². The van der Waals surface area contributed by atoms with Crippen LogP contribution in [0.4, 0.5) is 0 Å². The number of nitrogens with zero attached hydrogens (tertiary/aromatic N) is 1. The summed E-state index contributed by atoms with van der Waals surface area (Å²) in [5, 5.41) is 10.3. The van der Waals surface area contributed by atoms with Crippen molar-refractivity contribution in [2.45, 2.75) is 44.9 Å². The highest BCUT2D eigenvalue weighted by molar-refractivity contribution is 6.06. The zero-order valence-corrected chi connectivity index (χ0v) is 14.4. The van der Waals surface area contributed by atoms with E-state index < -0.39 is 5.97 Å². The molecule has 1 aromatic heterocycles. The number of hydrogen-bond acceptors (Lipinski definition) is 2. The number of carbonyl (C=O) groups excluding carboxylic acids is 1. The number of para-hydroxylation sites is 1. The molecule has 2 aliphatic rings. The van der Waals surface area contributed by atoms with Gasteiger partial charge >= 0.3 is 5.97 Å². The third-order valence-corrected chi connectivity index (χ3v) is 5.75. The van der Waals surface area contributed by atoms with Crippen molar-refractivity contribution < 1.29 is 14.7 Å². The fourth-order valence-electron chi connectivity index (χ4n) is 4.28. The molecule has 0 saturated carbocycles. The number of nitrogens with one attached hydrogen (secondary N) is 1. The lowest BCUT2D eigenvalue weighted by atomic mass is 9.96. The van der Waals surface area contributed by atoms with Crippen molar-refractivity contribution in [3.8, 4) is 0 Å². The number of carboxylic acids is 1. The van der Waals surface area contributed by atoms with E-state index in [0.29, 0.717) is 25.9 Å². The van der Waals surface area contributed by atoms with Crippen LogP contribution in [0, 0.1) is 5.92 Å². The van der Waals surface area contributed by atoms with E-state index in [4.69, 9.17) is 5.11 Å². The van der Waals surface area contributed by atoms with Gasteiger partial charge in [-0.05, 0) is 50.2 Å². The van der Waals surface area contributed by atoms with Crippen LogP contribution < -0.4 is 0 Å². The largest absolute Gasteiger partial charge is 0.481 e. The maximum Gasteiger partial charge on any atom is 0.306 e. The van der Waals surface area contributed by atoms with E-state index in [1.54, 1.807) is 4.90 Å². The maximum absolute atomic E-state index is 13.0. The molecule has 5 heteroatoms. The van der Waals surface area contributed by atoms with Crippen LogP contribution in [0.15, 0.2) is 18.2 Å². The maximum atomic E-state index is 13.0. The van der Waals surface area contributed by atoms with E-state index in [2.05, 4.69) is 11.1 Å². The number of aliphatic carboxylic acids is 1. The van der Waals surface area contributed by atoms with Gasteiger partial charge in [0.15, 0.2) is 0 Å². The van der Waals surface area contributed by atoms with E-state index in [1.165, 1.54) is 35.9 Å². The van der Waals surface area contributed by atoms with Gasteiger partial charge in [0.2, 0.25) is 0 Å². The summed E-state index contributed by atoms with van der Waals surface area (Å²) in [6.45, 7) is 1.04. The SMILES string of the molecule is O=C(O)C1CCN(C(=O)c2cccc3c4c([nH]c23)CCCCC4)CC1. The van der Waals surface area contributed by atoms with Crippen LogP contribution in [0.3, 0.4) is 0 Å². The van der Waals surface area contributed by atoms with Crippen LogP contribution in [0.25, 0.3) is 10.9 Å². The Hall–Kier alpha value is -2.30. The number of carbonyl (C=O) groups is 2. The average Bonchev–Trinajstić information content (AvgIpc) is 2.82. The molecular weight excluding hydrogens is 316 g/mol. The molecule has 132 valence electrons. The summed E-state index contributed by atoms with van der Waals surface area (Å²) in [5.41, 5.74) is 4.35. The molecule has 0 atom stereocenters. The average molecular weight is 340 g/mol. The monoisotopic (exact) mass is 340 g/mol. The number of aromatic nitrogens is 1. The number of H-pyrrole nitrogens is 1.